The molecule has 0 bridgehead atoms. The number of carbonyl (C=O) groups excluding carboxylic acids is 1. The molecule has 0 aromatic rings. The zero-order valence-corrected chi connectivity index (χ0v) is 10.5. The van der Waals surface area contributed by atoms with Crippen LogP contribution in [0.15, 0.2) is 0 Å². The Balaban J connectivity index is 2.40. The van der Waals surface area contributed by atoms with Gasteiger partial charge in [0.05, 0.1) is 5.92 Å². The van der Waals surface area contributed by atoms with Crippen molar-refractivity contribution < 1.29 is 9.53 Å². The Morgan fingerprint density at radius 2 is 1.73 bits per heavy atom. The molecular formula is C13H24O2. The molecule has 2 heteroatoms. The Bertz CT molecular complexity index is 209. The SMILES string of the molecule is C[C@H](OC(=O)C1CCCCC1)C(C)(C)C. The van der Waals surface area contributed by atoms with Gasteiger partial charge in [-0.3, -0.25) is 4.79 Å². The molecule has 1 atom stereocenters. The van der Waals surface area contributed by atoms with E-state index < -0.39 is 0 Å². The fourth-order valence-corrected chi connectivity index (χ4v) is 1.79. The molecule has 0 unspecified atom stereocenters. The van der Waals surface area contributed by atoms with E-state index >= 15 is 0 Å². The maximum Gasteiger partial charge on any atom is 0.309 e. The highest BCUT2D eigenvalue weighted by atomic mass is 16.5. The Hall–Kier alpha value is -0.530. The van der Waals surface area contributed by atoms with Crippen LogP contribution in [0.4, 0.5) is 0 Å². The molecule has 0 spiro atoms. The third-order valence-corrected chi connectivity index (χ3v) is 3.45. The summed E-state index contributed by atoms with van der Waals surface area (Å²) in [6, 6.07) is 0. The van der Waals surface area contributed by atoms with Crippen molar-refractivity contribution in [3.8, 4) is 0 Å². The molecule has 0 aliphatic heterocycles. The third-order valence-electron chi connectivity index (χ3n) is 3.45. The summed E-state index contributed by atoms with van der Waals surface area (Å²) in [6.45, 7) is 8.30. The summed E-state index contributed by atoms with van der Waals surface area (Å²) in [5, 5.41) is 0. The van der Waals surface area contributed by atoms with Gasteiger partial charge in [-0.2, -0.15) is 0 Å². The van der Waals surface area contributed by atoms with Gasteiger partial charge in [0.25, 0.3) is 0 Å². The molecule has 1 aliphatic carbocycles. The van der Waals surface area contributed by atoms with Crippen molar-refractivity contribution >= 4 is 5.97 Å². The third kappa shape index (κ3) is 3.84. The van der Waals surface area contributed by atoms with E-state index in [1.54, 1.807) is 0 Å². The zero-order chi connectivity index (χ0) is 11.5. The Kier molecular flexibility index (Phi) is 4.18. The second-order valence-electron chi connectivity index (χ2n) is 5.78. The van der Waals surface area contributed by atoms with Crippen LogP contribution in [0.3, 0.4) is 0 Å². The van der Waals surface area contributed by atoms with Gasteiger partial charge in [-0.1, -0.05) is 40.0 Å². The van der Waals surface area contributed by atoms with Gasteiger partial charge in [-0.05, 0) is 25.2 Å². The smallest absolute Gasteiger partial charge is 0.309 e. The number of hydrogen-bond acceptors (Lipinski definition) is 2. The molecule has 1 aliphatic rings. The number of carbonyl (C=O) groups is 1. The maximum absolute atomic E-state index is 11.8. The van der Waals surface area contributed by atoms with Crippen molar-refractivity contribution in [1.82, 2.24) is 0 Å². The van der Waals surface area contributed by atoms with E-state index in [0.717, 1.165) is 12.8 Å². The molecule has 15 heavy (non-hydrogen) atoms. The predicted molar refractivity (Wildman–Crippen MR) is 61.6 cm³/mol. The molecule has 0 saturated heterocycles. The first-order valence-electron chi connectivity index (χ1n) is 6.12. The van der Waals surface area contributed by atoms with Crippen molar-refractivity contribution in [2.45, 2.75) is 65.9 Å². The lowest BCUT2D eigenvalue weighted by Crippen LogP contribution is -2.32. The normalized spacial score (nSPS) is 21.1. The summed E-state index contributed by atoms with van der Waals surface area (Å²) in [4.78, 5) is 11.8. The molecule has 1 saturated carbocycles. The summed E-state index contributed by atoms with van der Waals surface area (Å²) in [5.41, 5.74) is 0.0460. The van der Waals surface area contributed by atoms with Crippen molar-refractivity contribution in [3.05, 3.63) is 0 Å². The largest absolute Gasteiger partial charge is 0.462 e. The van der Waals surface area contributed by atoms with Gasteiger partial charge in [0, 0.05) is 0 Å². The van der Waals surface area contributed by atoms with Crippen LogP contribution >= 0.6 is 0 Å². The second kappa shape index (κ2) is 5.00. The molecule has 0 aromatic heterocycles. The highest BCUT2D eigenvalue weighted by molar-refractivity contribution is 5.72. The molecule has 88 valence electrons. The predicted octanol–water partition coefficient (Wildman–Crippen LogP) is 3.54. The molecular weight excluding hydrogens is 188 g/mol. The first-order valence-corrected chi connectivity index (χ1v) is 6.12. The van der Waals surface area contributed by atoms with E-state index in [-0.39, 0.29) is 23.4 Å². The van der Waals surface area contributed by atoms with Gasteiger partial charge in [0.1, 0.15) is 6.10 Å². The number of hydrogen-bond donors (Lipinski definition) is 0. The molecule has 0 N–H and O–H groups in total. The van der Waals surface area contributed by atoms with Crippen LogP contribution in [0, 0.1) is 11.3 Å². The van der Waals surface area contributed by atoms with Gasteiger partial charge in [-0.15, -0.1) is 0 Å². The minimum Gasteiger partial charge on any atom is -0.462 e. The van der Waals surface area contributed by atoms with E-state index in [1.807, 2.05) is 6.92 Å². The first kappa shape index (κ1) is 12.5. The minimum atomic E-state index is 0.00641. The Morgan fingerprint density at radius 3 is 2.20 bits per heavy atom. The number of ether oxygens (including phenoxy) is 1. The molecule has 1 rings (SSSR count). The van der Waals surface area contributed by atoms with Gasteiger partial charge in [0.2, 0.25) is 0 Å². The van der Waals surface area contributed by atoms with E-state index in [9.17, 15) is 4.79 Å². The summed E-state index contributed by atoms with van der Waals surface area (Å²) in [7, 11) is 0. The summed E-state index contributed by atoms with van der Waals surface area (Å²) < 4.78 is 5.52. The fraction of sp³-hybridized carbons (Fsp3) is 0.923. The van der Waals surface area contributed by atoms with Crippen LogP contribution in [0.5, 0.6) is 0 Å². The van der Waals surface area contributed by atoms with Crippen LogP contribution in [-0.4, -0.2) is 12.1 Å². The lowest BCUT2D eigenvalue weighted by Gasteiger charge is -2.29. The van der Waals surface area contributed by atoms with Crippen molar-refractivity contribution in [2.75, 3.05) is 0 Å². The lowest BCUT2D eigenvalue weighted by atomic mass is 9.88. The van der Waals surface area contributed by atoms with Crippen LogP contribution in [0.2, 0.25) is 0 Å². The molecule has 0 aromatic carbocycles. The van der Waals surface area contributed by atoms with Gasteiger partial charge in [-0.25, -0.2) is 0 Å². The number of rotatable bonds is 2. The lowest BCUT2D eigenvalue weighted by molar-refractivity contribution is -0.159. The average Bonchev–Trinajstić information content (AvgIpc) is 2.17. The molecule has 0 radical (unpaired) electrons. The van der Waals surface area contributed by atoms with Crippen LogP contribution in [0.25, 0.3) is 0 Å². The molecule has 1 fully saturated rings. The molecule has 2 nitrogen and oxygen atoms in total. The molecule has 0 amide bonds. The topological polar surface area (TPSA) is 26.3 Å². The standard InChI is InChI=1S/C13H24O2/c1-10(13(2,3)4)15-12(14)11-8-6-5-7-9-11/h10-11H,5-9H2,1-4H3/t10-/m0/s1. The molecule has 0 heterocycles. The average molecular weight is 212 g/mol. The zero-order valence-electron chi connectivity index (χ0n) is 10.5. The quantitative estimate of drug-likeness (QED) is 0.654. The first-order chi connectivity index (χ1) is 6.91. The van der Waals surface area contributed by atoms with Crippen LogP contribution in [0.1, 0.15) is 59.8 Å². The highest BCUT2D eigenvalue weighted by Gasteiger charge is 2.28. The van der Waals surface area contributed by atoms with Gasteiger partial charge >= 0.3 is 5.97 Å². The fourth-order valence-electron chi connectivity index (χ4n) is 1.79. The van der Waals surface area contributed by atoms with Crippen LogP contribution in [-0.2, 0) is 9.53 Å². The van der Waals surface area contributed by atoms with Crippen molar-refractivity contribution in [1.29, 1.82) is 0 Å². The maximum atomic E-state index is 11.8. The van der Waals surface area contributed by atoms with Crippen LogP contribution < -0.4 is 0 Å². The van der Waals surface area contributed by atoms with Gasteiger partial charge < -0.3 is 4.74 Å². The van der Waals surface area contributed by atoms with E-state index in [0.29, 0.717) is 0 Å². The van der Waals surface area contributed by atoms with Gasteiger partial charge in [0.15, 0.2) is 0 Å². The Morgan fingerprint density at radius 1 is 1.20 bits per heavy atom. The Labute approximate surface area is 93.4 Å². The monoisotopic (exact) mass is 212 g/mol. The van der Waals surface area contributed by atoms with E-state index in [1.165, 1.54) is 19.3 Å². The summed E-state index contributed by atoms with van der Waals surface area (Å²) in [6.07, 6.45) is 5.70. The number of esters is 1. The van der Waals surface area contributed by atoms with E-state index in [2.05, 4.69) is 20.8 Å². The van der Waals surface area contributed by atoms with Crippen molar-refractivity contribution in [2.24, 2.45) is 11.3 Å². The summed E-state index contributed by atoms with van der Waals surface area (Å²) in [5.74, 6) is 0.195. The van der Waals surface area contributed by atoms with E-state index in [4.69, 9.17) is 4.74 Å². The minimum absolute atomic E-state index is 0.00641. The second-order valence-corrected chi connectivity index (χ2v) is 5.78. The highest BCUT2D eigenvalue weighted by Crippen LogP contribution is 2.28. The van der Waals surface area contributed by atoms with Crippen molar-refractivity contribution in [3.63, 3.8) is 0 Å². The summed E-state index contributed by atoms with van der Waals surface area (Å²) >= 11 is 0.